The van der Waals surface area contributed by atoms with Gasteiger partial charge in [0.05, 0.1) is 17.6 Å². The van der Waals surface area contributed by atoms with Crippen molar-refractivity contribution >= 4 is 16.7 Å². The van der Waals surface area contributed by atoms with Crippen LogP contribution in [0, 0.1) is 17.5 Å². The average Bonchev–Trinajstić information content (AvgIpc) is 2.84. The third kappa shape index (κ3) is 2.54. The van der Waals surface area contributed by atoms with Crippen LogP contribution in [0.2, 0.25) is 0 Å². The summed E-state index contributed by atoms with van der Waals surface area (Å²) in [5.74, 6) is -2.45. The Balaban J connectivity index is 1.96. The zero-order chi connectivity index (χ0) is 15.0. The Morgan fingerprint density at radius 1 is 0.952 bits per heavy atom. The summed E-state index contributed by atoms with van der Waals surface area (Å²) in [5.41, 5.74) is 0.216. The maximum atomic E-state index is 13.6. The second kappa shape index (κ2) is 5.09. The summed E-state index contributed by atoms with van der Waals surface area (Å²) in [6.07, 6.45) is 1.61. The Kier molecular flexibility index (Phi) is 3.25. The molecule has 0 N–H and O–H groups in total. The molecule has 21 heavy (non-hydrogen) atoms. The highest BCUT2D eigenvalue weighted by Crippen LogP contribution is 2.18. The molecule has 0 atom stereocenters. The van der Waals surface area contributed by atoms with Crippen molar-refractivity contribution in [3.8, 4) is 0 Å². The lowest BCUT2D eigenvalue weighted by Gasteiger charge is -2.06. The first-order valence-corrected chi connectivity index (χ1v) is 6.27. The van der Waals surface area contributed by atoms with Gasteiger partial charge in [-0.3, -0.25) is 4.79 Å². The van der Waals surface area contributed by atoms with Gasteiger partial charge in [-0.1, -0.05) is 0 Å². The Bertz CT molecular complexity index is 839. The Morgan fingerprint density at radius 3 is 2.48 bits per heavy atom. The molecule has 1 heterocycles. The molecule has 5 heteroatoms. The number of fused-ring (bicyclic) bond motifs is 1. The molecule has 0 bridgehead atoms. The third-order valence-electron chi connectivity index (χ3n) is 3.28. The number of carbonyl (C=O) groups excluding carboxylic acids is 1. The fraction of sp³-hybridized carbons (Fsp3) is 0.0625. The van der Waals surface area contributed by atoms with Crippen molar-refractivity contribution < 1.29 is 18.0 Å². The van der Waals surface area contributed by atoms with Crippen molar-refractivity contribution in [2.24, 2.45) is 0 Å². The molecule has 0 aliphatic rings. The van der Waals surface area contributed by atoms with E-state index in [9.17, 15) is 18.0 Å². The van der Waals surface area contributed by atoms with Crippen molar-refractivity contribution in [2.45, 2.75) is 6.54 Å². The van der Waals surface area contributed by atoms with Crippen LogP contribution >= 0.6 is 0 Å². The van der Waals surface area contributed by atoms with Crippen molar-refractivity contribution in [1.29, 1.82) is 0 Å². The smallest absolute Gasteiger partial charge is 0.185 e. The van der Waals surface area contributed by atoms with Crippen LogP contribution < -0.4 is 0 Å². The Morgan fingerprint density at radius 2 is 1.67 bits per heavy atom. The largest absolute Gasteiger partial charge is 0.340 e. The number of carbonyl (C=O) groups is 1. The molecule has 0 aliphatic heterocycles. The summed E-state index contributed by atoms with van der Waals surface area (Å²) in [7, 11) is 0. The van der Waals surface area contributed by atoms with Gasteiger partial charge >= 0.3 is 0 Å². The lowest BCUT2D eigenvalue weighted by molar-refractivity contribution is 0.0969. The highest BCUT2D eigenvalue weighted by atomic mass is 19.1. The predicted octanol–water partition coefficient (Wildman–Crippen LogP) is 3.94. The number of hydrogen-bond acceptors (Lipinski definition) is 1. The van der Waals surface area contributed by atoms with Gasteiger partial charge in [-0.2, -0.15) is 0 Å². The monoisotopic (exact) mass is 289 g/mol. The van der Waals surface area contributed by atoms with Crippen LogP contribution in [0.5, 0.6) is 0 Å². The van der Waals surface area contributed by atoms with E-state index in [-0.39, 0.29) is 12.1 Å². The predicted molar refractivity (Wildman–Crippen MR) is 72.6 cm³/mol. The minimum atomic E-state index is -0.774. The Labute approximate surface area is 118 Å². The van der Waals surface area contributed by atoms with E-state index in [1.165, 1.54) is 16.7 Å². The van der Waals surface area contributed by atoms with Crippen LogP contribution in [0.25, 0.3) is 10.9 Å². The van der Waals surface area contributed by atoms with E-state index in [4.69, 9.17) is 0 Å². The number of Topliss-reactive ketones (excluding diaryl/α,β-unsaturated/α-hetero) is 1. The summed E-state index contributed by atoms with van der Waals surface area (Å²) in [4.78, 5) is 12.1. The molecule has 0 saturated heterocycles. The van der Waals surface area contributed by atoms with Gasteiger partial charge < -0.3 is 4.57 Å². The molecule has 106 valence electrons. The van der Waals surface area contributed by atoms with Crippen molar-refractivity contribution in [1.82, 2.24) is 4.57 Å². The standard InChI is InChI=1S/C16H10F3NO/c17-11-3-4-14(19)13(7-11)16(21)9-20-6-5-10-1-2-12(18)8-15(10)20/h1-8H,9H2. The molecule has 0 unspecified atom stereocenters. The average molecular weight is 289 g/mol. The van der Waals surface area contributed by atoms with Gasteiger partial charge in [0.15, 0.2) is 5.78 Å². The van der Waals surface area contributed by atoms with Gasteiger partial charge in [0.25, 0.3) is 0 Å². The van der Waals surface area contributed by atoms with Crippen LogP contribution in [0.15, 0.2) is 48.7 Å². The zero-order valence-corrected chi connectivity index (χ0v) is 10.8. The van der Waals surface area contributed by atoms with Crippen LogP contribution in [0.1, 0.15) is 10.4 Å². The molecule has 0 radical (unpaired) electrons. The second-order valence-electron chi connectivity index (χ2n) is 4.69. The molecule has 1 aromatic heterocycles. The summed E-state index contributed by atoms with van der Waals surface area (Å²) < 4.78 is 41.5. The lowest BCUT2D eigenvalue weighted by atomic mass is 10.1. The summed E-state index contributed by atoms with van der Waals surface area (Å²) >= 11 is 0. The number of nitrogens with zero attached hydrogens (tertiary/aromatic N) is 1. The normalized spacial score (nSPS) is 11.0. The summed E-state index contributed by atoms with van der Waals surface area (Å²) in [6, 6.07) is 8.66. The van der Waals surface area contributed by atoms with Crippen molar-refractivity contribution in [3.63, 3.8) is 0 Å². The van der Waals surface area contributed by atoms with E-state index in [1.54, 1.807) is 18.3 Å². The summed E-state index contributed by atoms with van der Waals surface area (Å²) in [6.45, 7) is -0.187. The van der Waals surface area contributed by atoms with Gasteiger partial charge in [-0.25, -0.2) is 13.2 Å². The second-order valence-corrected chi connectivity index (χ2v) is 4.69. The fourth-order valence-electron chi connectivity index (χ4n) is 2.25. The van der Waals surface area contributed by atoms with Gasteiger partial charge in [-0.05, 0) is 47.9 Å². The van der Waals surface area contributed by atoms with Crippen LogP contribution in [0.3, 0.4) is 0 Å². The van der Waals surface area contributed by atoms with E-state index in [0.717, 1.165) is 23.6 Å². The molecule has 3 rings (SSSR count). The fourth-order valence-corrected chi connectivity index (χ4v) is 2.25. The van der Waals surface area contributed by atoms with Gasteiger partial charge in [0.1, 0.15) is 17.5 Å². The maximum absolute atomic E-state index is 13.6. The van der Waals surface area contributed by atoms with E-state index < -0.39 is 23.2 Å². The molecule has 0 spiro atoms. The minimum absolute atomic E-state index is 0.187. The van der Waals surface area contributed by atoms with Gasteiger partial charge in [-0.15, -0.1) is 0 Å². The molecular weight excluding hydrogens is 279 g/mol. The molecule has 0 amide bonds. The SMILES string of the molecule is O=C(Cn1ccc2ccc(F)cc21)c1cc(F)ccc1F. The Hall–Kier alpha value is -2.56. The van der Waals surface area contributed by atoms with Gasteiger partial charge in [0.2, 0.25) is 0 Å². The number of benzene rings is 2. The van der Waals surface area contributed by atoms with E-state index in [2.05, 4.69) is 0 Å². The van der Waals surface area contributed by atoms with Crippen LogP contribution in [-0.2, 0) is 6.54 Å². The van der Waals surface area contributed by atoms with Crippen LogP contribution in [0.4, 0.5) is 13.2 Å². The highest BCUT2D eigenvalue weighted by Gasteiger charge is 2.14. The third-order valence-corrected chi connectivity index (χ3v) is 3.28. The molecule has 2 nitrogen and oxygen atoms in total. The van der Waals surface area contributed by atoms with Gasteiger partial charge in [0, 0.05) is 6.20 Å². The maximum Gasteiger partial charge on any atom is 0.185 e. The van der Waals surface area contributed by atoms with Crippen molar-refractivity contribution in [3.05, 3.63) is 71.7 Å². The quantitative estimate of drug-likeness (QED) is 0.669. The number of aromatic nitrogens is 1. The lowest BCUT2D eigenvalue weighted by Crippen LogP contribution is -2.11. The molecule has 2 aromatic carbocycles. The minimum Gasteiger partial charge on any atom is -0.340 e. The zero-order valence-electron chi connectivity index (χ0n) is 10.8. The van der Waals surface area contributed by atoms with Crippen LogP contribution in [-0.4, -0.2) is 10.4 Å². The first-order valence-electron chi connectivity index (χ1n) is 6.27. The molecule has 0 aliphatic carbocycles. The van der Waals surface area contributed by atoms with E-state index in [0.29, 0.717) is 5.52 Å². The molecular formula is C16H10F3NO. The first-order chi connectivity index (χ1) is 10.0. The summed E-state index contributed by atoms with van der Waals surface area (Å²) in [5, 5.41) is 0.768. The molecule has 0 fully saturated rings. The number of ketones is 1. The van der Waals surface area contributed by atoms with E-state index in [1.807, 2.05) is 0 Å². The molecule has 0 saturated carbocycles. The number of rotatable bonds is 3. The van der Waals surface area contributed by atoms with E-state index >= 15 is 0 Å². The first kappa shape index (κ1) is 13.4. The highest BCUT2D eigenvalue weighted by molar-refractivity contribution is 5.97. The topological polar surface area (TPSA) is 22.0 Å². The molecule has 3 aromatic rings. The van der Waals surface area contributed by atoms with Crippen molar-refractivity contribution in [2.75, 3.05) is 0 Å². The number of hydrogen-bond donors (Lipinski definition) is 0. The number of halogens is 3.